The zero-order valence-electron chi connectivity index (χ0n) is 16.9. The van der Waals surface area contributed by atoms with Crippen LogP contribution in [0.1, 0.15) is 38.7 Å². The molecule has 0 fully saturated rings. The van der Waals surface area contributed by atoms with Crippen LogP contribution in [0.15, 0.2) is 71.5 Å². The molecule has 6 nitrogen and oxygen atoms in total. The van der Waals surface area contributed by atoms with Crippen LogP contribution in [-0.2, 0) is 13.6 Å². The molecule has 0 N–H and O–H groups in total. The van der Waals surface area contributed by atoms with Gasteiger partial charge in [-0.25, -0.2) is 0 Å². The number of carbonyl (C=O) groups is 1. The summed E-state index contributed by atoms with van der Waals surface area (Å²) in [5.41, 5.74) is 5.55. The van der Waals surface area contributed by atoms with Crippen LogP contribution in [0.3, 0.4) is 0 Å². The summed E-state index contributed by atoms with van der Waals surface area (Å²) in [7, 11) is 1.91. The lowest BCUT2D eigenvalue weighted by Crippen LogP contribution is -2.39. The van der Waals surface area contributed by atoms with E-state index in [4.69, 9.17) is 4.52 Å². The molecule has 6 heteroatoms. The molecule has 0 bridgehead atoms. The van der Waals surface area contributed by atoms with Gasteiger partial charge in [-0.05, 0) is 23.6 Å². The van der Waals surface area contributed by atoms with Gasteiger partial charge >= 0.3 is 0 Å². The predicted octanol–water partition coefficient (Wildman–Crippen LogP) is 4.17. The van der Waals surface area contributed by atoms with Gasteiger partial charge in [0.25, 0.3) is 5.91 Å². The summed E-state index contributed by atoms with van der Waals surface area (Å²) in [6, 6.07) is 18.0. The second-order valence-corrected chi connectivity index (χ2v) is 7.74. The third-order valence-corrected chi connectivity index (χ3v) is 5.77. The Morgan fingerprint density at radius 3 is 2.63 bits per heavy atom. The molecule has 0 aliphatic carbocycles. The van der Waals surface area contributed by atoms with Gasteiger partial charge in [-0.2, -0.15) is 5.10 Å². The molecule has 2 aromatic heterocycles. The Kier molecular flexibility index (Phi) is 4.47. The van der Waals surface area contributed by atoms with Crippen molar-refractivity contribution in [2.75, 3.05) is 6.54 Å². The zero-order valence-corrected chi connectivity index (χ0v) is 16.9. The second kappa shape index (κ2) is 7.30. The quantitative estimate of drug-likeness (QED) is 0.520. The molecule has 0 spiro atoms. The SMILES string of the molecule is Cc1c(C(=O)N2Cc3ccccc3C(c3cnn(C)c3)C2)noc1-c1ccccc1. The van der Waals surface area contributed by atoms with Gasteiger partial charge in [-0.3, -0.25) is 9.48 Å². The lowest BCUT2D eigenvalue weighted by Gasteiger charge is -2.34. The largest absolute Gasteiger partial charge is 0.355 e. The number of fused-ring (bicyclic) bond motifs is 1. The number of rotatable bonds is 3. The van der Waals surface area contributed by atoms with Crippen LogP contribution in [0.5, 0.6) is 0 Å². The van der Waals surface area contributed by atoms with Crippen LogP contribution in [0, 0.1) is 6.92 Å². The van der Waals surface area contributed by atoms with Crippen LogP contribution in [0.2, 0.25) is 0 Å². The number of amides is 1. The van der Waals surface area contributed by atoms with Crippen molar-refractivity contribution in [1.82, 2.24) is 19.8 Å². The summed E-state index contributed by atoms with van der Waals surface area (Å²) in [6.07, 6.45) is 3.90. The first-order valence-corrected chi connectivity index (χ1v) is 9.99. The van der Waals surface area contributed by atoms with Gasteiger partial charge in [0.1, 0.15) is 0 Å². The Morgan fingerprint density at radius 2 is 1.87 bits per heavy atom. The van der Waals surface area contributed by atoms with Gasteiger partial charge < -0.3 is 9.42 Å². The highest BCUT2D eigenvalue weighted by Crippen LogP contribution is 2.34. The smallest absolute Gasteiger partial charge is 0.276 e. The number of nitrogens with zero attached hydrogens (tertiary/aromatic N) is 4. The van der Waals surface area contributed by atoms with Gasteiger partial charge in [-0.15, -0.1) is 0 Å². The van der Waals surface area contributed by atoms with Crippen LogP contribution in [0.4, 0.5) is 0 Å². The molecule has 30 heavy (non-hydrogen) atoms. The molecule has 0 saturated carbocycles. The van der Waals surface area contributed by atoms with Crippen molar-refractivity contribution in [3.63, 3.8) is 0 Å². The summed E-state index contributed by atoms with van der Waals surface area (Å²) < 4.78 is 7.37. The second-order valence-electron chi connectivity index (χ2n) is 7.74. The number of benzene rings is 2. The average molecular weight is 398 g/mol. The summed E-state index contributed by atoms with van der Waals surface area (Å²) in [5.74, 6) is 0.607. The standard InChI is InChI=1S/C24H22N4O2/c1-16-22(26-30-23(16)17-8-4-3-5-9-17)24(29)28-14-18-10-6-7-11-20(18)21(15-28)19-12-25-27(2)13-19/h3-13,21H,14-15H2,1-2H3. The van der Waals surface area contributed by atoms with Crippen molar-refractivity contribution in [3.8, 4) is 11.3 Å². The van der Waals surface area contributed by atoms with Crippen molar-refractivity contribution >= 4 is 5.91 Å². The lowest BCUT2D eigenvalue weighted by molar-refractivity contribution is 0.0714. The fourth-order valence-electron chi connectivity index (χ4n) is 4.21. The van der Waals surface area contributed by atoms with E-state index in [2.05, 4.69) is 22.4 Å². The van der Waals surface area contributed by atoms with E-state index in [-0.39, 0.29) is 11.8 Å². The van der Waals surface area contributed by atoms with Crippen molar-refractivity contribution in [1.29, 1.82) is 0 Å². The average Bonchev–Trinajstić information content (AvgIpc) is 3.38. The predicted molar refractivity (Wildman–Crippen MR) is 113 cm³/mol. The summed E-state index contributed by atoms with van der Waals surface area (Å²) in [4.78, 5) is 15.3. The number of aryl methyl sites for hydroxylation is 1. The first-order valence-electron chi connectivity index (χ1n) is 9.99. The number of hydrogen-bond acceptors (Lipinski definition) is 4. The van der Waals surface area contributed by atoms with Crippen LogP contribution in [-0.4, -0.2) is 32.3 Å². The van der Waals surface area contributed by atoms with Crippen LogP contribution >= 0.6 is 0 Å². The van der Waals surface area contributed by atoms with Crippen molar-refractivity contribution in [3.05, 3.63) is 94.9 Å². The minimum atomic E-state index is -0.109. The minimum absolute atomic E-state index is 0.0772. The molecule has 2 aromatic carbocycles. The van der Waals surface area contributed by atoms with Crippen LogP contribution in [0.25, 0.3) is 11.3 Å². The third-order valence-electron chi connectivity index (χ3n) is 5.77. The molecule has 1 atom stereocenters. The van der Waals surface area contributed by atoms with E-state index in [9.17, 15) is 4.79 Å². The van der Waals surface area contributed by atoms with E-state index in [1.807, 2.05) is 73.7 Å². The van der Waals surface area contributed by atoms with E-state index in [1.165, 1.54) is 5.56 Å². The molecular formula is C24H22N4O2. The molecule has 1 aliphatic heterocycles. The van der Waals surface area contributed by atoms with E-state index in [0.29, 0.717) is 24.5 Å². The molecule has 5 rings (SSSR count). The fourth-order valence-corrected chi connectivity index (χ4v) is 4.21. The maximum absolute atomic E-state index is 13.4. The van der Waals surface area contributed by atoms with E-state index in [0.717, 1.165) is 22.3 Å². The van der Waals surface area contributed by atoms with E-state index < -0.39 is 0 Å². The maximum atomic E-state index is 13.4. The van der Waals surface area contributed by atoms with Crippen molar-refractivity contribution in [2.24, 2.45) is 7.05 Å². The van der Waals surface area contributed by atoms with Crippen molar-refractivity contribution in [2.45, 2.75) is 19.4 Å². The fraction of sp³-hybridized carbons (Fsp3) is 0.208. The number of hydrogen-bond donors (Lipinski definition) is 0. The topological polar surface area (TPSA) is 64.2 Å². The Bertz CT molecular complexity index is 1210. The Labute approximate surface area is 174 Å². The Hall–Kier alpha value is -3.67. The van der Waals surface area contributed by atoms with Gasteiger partial charge in [0.15, 0.2) is 11.5 Å². The normalized spacial score (nSPS) is 15.8. The summed E-state index contributed by atoms with van der Waals surface area (Å²) in [5, 5.41) is 8.47. The Morgan fingerprint density at radius 1 is 1.10 bits per heavy atom. The highest BCUT2D eigenvalue weighted by Gasteiger charge is 2.32. The molecule has 0 radical (unpaired) electrons. The highest BCUT2D eigenvalue weighted by molar-refractivity contribution is 5.95. The summed E-state index contributed by atoms with van der Waals surface area (Å²) >= 11 is 0. The van der Waals surface area contributed by atoms with Crippen LogP contribution < -0.4 is 0 Å². The molecular weight excluding hydrogens is 376 g/mol. The van der Waals surface area contributed by atoms with Gasteiger partial charge in [0, 0.05) is 43.4 Å². The zero-order chi connectivity index (χ0) is 20.7. The van der Waals surface area contributed by atoms with E-state index in [1.54, 1.807) is 4.68 Å². The molecule has 150 valence electrons. The summed E-state index contributed by atoms with van der Waals surface area (Å²) in [6.45, 7) is 3.02. The molecule has 1 amide bonds. The first-order chi connectivity index (χ1) is 14.6. The highest BCUT2D eigenvalue weighted by atomic mass is 16.5. The monoisotopic (exact) mass is 398 g/mol. The number of carbonyl (C=O) groups excluding carboxylic acids is 1. The molecule has 0 saturated heterocycles. The first kappa shape index (κ1) is 18.4. The molecule has 3 heterocycles. The molecule has 4 aromatic rings. The van der Waals surface area contributed by atoms with Gasteiger partial charge in [0.2, 0.25) is 0 Å². The number of aromatic nitrogens is 3. The Balaban J connectivity index is 1.49. The van der Waals surface area contributed by atoms with Gasteiger partial charge in [0.05, 0.1) is 6.20 Å². The lowest BCUT2D eigenvalue weighted by atomic mass is 9.86. The van der Waals surface area contributed by atoms with Crippen molar-refractivity contribution < 1.29 is 9.32 Å². The minimum Gasteiger partial charge on any atom is -0.355 e. The third kappa shape index (κ3) is 3.10. The molecule has 1 unspecified atom stereocenters. The van der Waals surface area contributed by atoms with Gasteiger partial charge in [-0.1, -0.05) is 59.8 Å². The molecule has 1 aliphatic rings. The maximum Gasteiger partial charge on any atom is 0.276 e. The van der Waals surface area contributed by atoms with E-state index >= 15 is 0 Å².